The van der Waals surface area contributed by atoms with E-state index in [0.29, 0.717) is 51.1 Å². The molecule has 3 amide bonds. The number of hydrogen-bond acceptors (Lipinski definition) is 10. The maximum Gasteiger partial charge on any atom is 0.326 e. The molecule has 0 spiro atoms. The van der Waals surface area contributed by atoms with Gasteiger partial charge >= 0.3 is 5.97 Å². The number of carboxylic acid groups (broad SMARTS) is 1. The van der Waals surface area contributed by atoms with Gasteiger partial charge in [0.1, 0.15) is 18.1 Å². The Morgan fingerprint density at radius 2 is 1.29 bits per heavy atom. The summed E-state index contributed by atoms with van der Waals surface area (Å²) in [4.78, 5) is 52.1. The van der Waals surface area contributed by atoms with Gasteiger partial charge in [0.25, 0.3) is 0 Å². The zero-order valence-corrected chi connectivity index (χ0v) is 26.2. The van der Waals surface area contributed by atoms with Crippen LogP contribution in [-0.4, -0.2) is 87.1 Å². The van der Waals surface area contributed by atoms with Crippen LogP contribution in [0.25, 0.3) is 0 Å². The first-order chi connectivity index (χ1) is 21.6. The van der Waals surface area contributed by atoms with E-state index in [-0.39, 0.29) is 37.4 Å². The van der Waals surface area contributed by atoms with Crippen molar-refractivity contribution in [2.24, 2.45) is 17.2 Å². The van der Waals surface area contributed by atoms with Crippen molar-refractivity contribution >= 4 is 35.5 Å². The summed E-state index contributed by atoms with van der Waals surface area (Å²) < 4.78 is 1.20. The highest BCUT2D eigenvalue weighted by atomic mass is 32.2. The van der Waals surface area contributed by atoms with Crippen LogP contribution in [0, 0.1) is 0 Å². The SMILES string of the molecule is NCCCC[C@H](NC(=O)[C@H](Cc1ccccc1)NC(=O)[C@H](CCCCN)NC(=O)CC(SCCN)n1c(O)ccc1O)C(=O)O. The van der Waals surface area contributed by atoms with Gasteiger partial charge in [-0.05, 0) is 57.2 Å². The standard InChI is InChI=1S/C30H47N7O7S/c31-14-6-4-10-21(34-24(38)19-27(45-17-16-33)37-25(39)12-13-26(37)40)28(41)36-23(18-20-8-2-1-3-9-20)29(42)35-22(30(43)44)11-5-7-15-32/h1-3,8-9,12-13,21-23,27,39-40H,4-7,10-11,14-19,31-33H2,(H,34,38)(H,35,42)(H,36,41)(H,43,44)/t21-,22-,23-,27?/m0/s1. The number of unbranched alkanes of at least 4 members (excludes halogenated alkanes) is 2. The second-order valence-corrected chi connectivity index (χ2v) is 11.9. The van der Waals surface area contributed by atoms with E-state index < -0.39 is 47.2 Å². The highest BCUT2D eigenvalue weighted by Crippen LogP contribution is 2.35. The van der Waals surface area contributed by atoms with E-state index in [1.165, 1.54) is 28.5 Å². The Morgan fingerprint density at radius 3 is 1.84 bits per heavy atom. The number of carbonyl (C=O) groups is 4. The Balaban J connectivity index is 2.25. The molecule has 0 fully saturated rings. The van der Waals surface area contributed by atoms with E-state index in [2.05, 4.69) is 16.0 Å². The molecule has 12 N–H and O–H groups in total. The van der Waals surface area contributed by atoms with E-state index in [9.17, 15) is 34.5 Å². The molecule has 1 unspecified atom stereocenters. The van der Waals surface area contributed by atoms with Gasteiger partial charge in [-0.3, -0.25) is 19.0 Å². The first-order valence-corrected chi connectivity index (χ1v) is 16.1. The molecule has 14 nitrogen and oxygen atoms in total. The Labute approximate surface area is 267 Å². The van der Waals surface area contributed by atoms with E-state index in [4.69, 9.17) is 17.2 Å². The Morgan fingerprint density at radius 1 is 0.733 bits per heavy atom. The predicted molar refractivity (Wildman–Crippen MR) is 172 cm³/mol. The third-order valence-corrected chi connectivity index (χ3v) is 8.26. The molecule has 0 aliphatic carbocycles. The molecule has 1 aromatic carbocycles. The predicted octanol–water partition coefficient (Wildman–Crippen LogP) is 0.520. The lowest BCUT2D eigenvalue weighted by Gasteiger charge is -2.26. The molecule has 0 saturated heterocycles. The van der Waals surface area contributed by atoms with Crippen LogP contribution in [0.2, 0.25) is 0 Å². The van der Waals surface area contributed by atoms with Crippen molar-refractivity contribution in [2.75, 3.05) is 25.4 Å². The zero-order chi connectivity index (χ0) is 33.2. The number of nitrogens with zero attached hydrogens (tertiary/aromatic N) is 1. The van der Waals surface area contributed by atoms with Crippen molar-refractivity contribution in [1.29, 1.82) is 0 Å². The number of rotatable bonds is 22. The molecule has 1 aromatic heterocycles. The first kappa shape index (κ1) is 37.4. The molecule has 2 aromatic rings. The summed E-state index contributed by atoms with van der Waals surface area (Å²) in [5.41, 5.74) is 17.6. The molecular formula is C30H47N7O7S. The summed E-state index contributed by atoms with van der Waals surface area (Å²) in [5.74, 6) is -3.04. The monoisotopic (exact) mass is 649 g/mol. The van der Waals surface area contributed by atoms with E-state index in [0.717, 1.165) is 5.56 Å². The van der Waals surface area contributed by atoms with Crippen LogP contribution in [-0.2, 0) is 25.6 Å². The molecular weight excluding hydrogens is 602 g/mol. The third kappa shape index (κ3) is 13.0. The molecule has 0 aliphatic rings. The molecule has 0 saturated carbocycles. The largest absolute Gasteiger partial charge is 0.494 e. The average molecular weight is 650 g/mol. The molecule has 4 atom stereocenters. The lowest BCUT2D eigenvalue weighted by Crippen LogP contribution is -2.56. The van der Waals surface area contributed by atoms with Gasteiger partial charge in [-0.15, -0.1) is 11.8 Å². The number of nitrogens with one attached hydrogen (secondary N) is 3. The maximum absolute atomic E-state index is 13.6. The topological polar surface area (TPSA) is 248 Å². The van der Waals surface area contributed by atoms with E-state index >= 15 is 0 Å². The third-order valence-electron chi connectivity index (χ3n) is 7.03. The number of aromatic hydroxyl groups is 2. The highest BCUT2D eigenvalue weighted by Gasteiger charge is 2.30. The summed E-state index contributed by atoms with van der Waals surface area (Å²) in [5, 5.41) is 37.4. The van der Waals surface area contributed by atoms with Gasteiger partial charge in [0.15, 0.2) is 11.8 Å². The van der Waals surface area contributed by atoms with Crippen LogP contribution in [0.5, 0.6) is 11.8 Å². The van der Waals surface area contributed by atoms with Crippen LogP contribution >= 0.6 is 11.8 Å². The van der Waals surface area contributed by atoms with Crippen LogP contribution in [0.3, 0.4) is 0 Å². The van der Waals surface area contributed by atoms with Gasteiger partial charge in [0, 0.05) is 30.9 Å². The minimum absolute atomic E-state index is 0.0843. The fraction of sp³-hybridized carbons (Fsp3) is 0.533. The fourth-order valence-electron chi connectivity index (χ4n) is 4.68. The number of hydrogen-bond donors (Lipinski definition) is 9. The number of aliphatic carboxylic acids is 1. The quantitative estimate of drug-likeness (QED) is 0.0795. The van der Waals surface area contributed by atoms with Crippen LogP contribution in [0.4, 0.5) is 0 Å². The summed E-state index contributed by atoms with van der Waals surface area (Å²) in [6, 6.07) is 8.22. The smallest absolute Gasteiger partial charge is 0.326 e. The van der Waals surface area contributed by atoms with Crippen molar-refractivity contribution in [3.63, 3.8) is 0 Å². The summed E-state index contributed by atoms with van der Waals surface area (Å²) in [6.07, 6.45) is 2.50. The second kappa shape index (κ2) is 20.3. The number of nitrogens with two attached hydrogens (primary N) is 3. The van der Waals surface area contributed by atoms with Crippen LogP contribution in [0.15, 0.2) is 42.5 Å². The molecule has 2 rings (SSSR count). The molecule has 0 aliphatic heterocycles. The van der Waals surface area contributed by atoms with Gasteiger partial charge < -0.3 is 48.5 Å². The lowest BCUT2D eigenvalue weighted by atomic mass is 10.0. The fourth-order valence-corrected chi connectivity index (χ4v) is 5.72. The normalized spacial score (nSPS) is 13.8. The Kier molecular flexibility index (Phi) is 16.9. The highest BCUT2D eigenvalue weighted by molar-refractivity contribution is 7.99. The number of aromatic nitrogens is 1. The molecule has 45 heavy (non-hydrogen) atoms. The minimum Gasteiger partial charge on any atom is -0.494 e. The zero-order valence-electron chi connectivity index (χ0n) is 25.4. The van der Waals surface area contributed by atoms with Crippen molar-refractivity contribution in [3.8, 4) is 11.8 Å². The van der Waals surface area contributed by atoms with Crippen molar-refractivity contribution in [3.05, 3.63) is 48.0 Å². The summed E-state index contributed by atoms with van der Waals surface area (Å²) in [7, 11) is 0. The number of thioether (sulfide) groups is 1. The number of benzene rings is 1. The lowest BCUT2D eigenvalue weighted by molar-refractivity contribution is -0.142. The van der Waals surface area contributed by atoms with Crippen molar-refractivity contribution in [2.45, 2.75) is 74.9 Å². The number of carboxylic acids is 1. The Hall–Kier alpha value is -3.79. The van der Waals surface area contributed by atoms with Gasteiger partial charge in [-0.2, -0.15) is 0 Å². The van der Waals surface area contributed by atoms with Gasteiger partial charge in [-0.1, -0.05) is 30.3 Å². The van der Waals surface area contributed by atoms with E-state index in [1.54, 1.807) is 24.3 Å². The molecule has 250 valence electrons. The Bertz CT molecular complexity index is 1200. The molecule has 15 heteroatoms. The van der Waals surface area contributed by atoms with Gasteiger partial charge in [-0.25, -0.2) is 4.79 Å². The summed E-state index contributed by atoms with van der Waals surface area (Å²) >= 11 is 1.26. The van der Waals surface area contributed by atoms with Crippen molar-refractivity contribution in [1.82, 2.24) is 20.5 Å². The van der Waals surface area contributed by atoms with Crippen LogP contribution < -0.4 is 33.2 Å². The maximum atomic E-state index is 13.6. The van der Waals surface area contributed by atoms with Crippen molar-refractivity contribution < 1.29 is 34.5 Å². The number of carbonyl (C=O) groups excluding carboxylic acids is 3. The van der Waals surface area contributed by atoms with Gasteiger partial charge in [0.2, 0.25) is 17.7 Å². The van der Waals surface area contributed by atoms with Gasteiger partial charge in [0.05, 0.1) is 11.8 Å². The summed E-state index contributed by atoms with van der Waals surface area (Å²) in [6.45, 7) is 1.08. The molecule has 1 heterocycles. The molecule has 0 bridgehead atoms. The molecule has 0 radical (unpaired) electrons. The van der Waals surface area contributed by atoms with Crippen LogP contribution in [0.1, 0.15) is 55.9 Å². The number of amides is 3. The van der Waals surface area contributed by atoms with E-state index in [1.807, 2.05) is 6.07 Å². The first-order valence-electron chi connectivity index (χ1n) is 15.1. The minimum atomic E-state index is -1.20. The second-order valence-electron chi connectivity index (χ2n) is 10.6. The average Bonchev–Trinajstić information content (AvgIpc) is 3.35.